The van der Waals surface area contributed by atoms with E-state index in [9.17, 15) is 14.4 Å². The third kappa shape index (κ3) is 4.24. The molecular formula is C20H19N3O5. The third-order valence-corrected chi connectivity index (χ3v) is 4.01. The van der Waals surface area contributed by atoms with Gasteiger partial charge in [-0.25, -0.2) is 9.48 Å². The van der Waals surface area contributed by atoms with E-state index < -0.39 is 24.0 Å². The molecule has 144 valence electrons. The van der Waals surface area contributed by atoms with Crippen molar-refractivity contribution in [3.8, 4) is 0 Å². The van der Waals surface area contributed by atoms with Crippen molar-refractivity contribution >= 4 is 28.3 Å². The number of benzene rings is 2. The number of anilines is 1. The number of esters is 1. The zero-order valence-electron chi connectivity index (χ0n) is 15.2. The minimum Gasteiger partial charge on any atom is -0.451 e. The van der Waals surface area contributed by atoms with E-state index in [2.05, 4.69) is 10.4 Å². The predicted octanol–water partition coefficient (Wildman–Crippen LogP) is 1.49. The molecule has 28 heavy (non-hydrogen) atoms. The highest BCUT2D eigenvalue weighted by Crippen LogP contribution is 2.14. The molecule has 0 fully saturated rings. The van der Waals surface area contributed by atoms with Gasteiger partial charge in [0.2, 0.25) is 0 Å². The number of carbonyl (C=O) groups excluding carboxylic acids is 2. The van der Waals surface area contributed by atoms with Gasteiger partial charge in [0, 0.05) is 11.1 Å². The van der Waals surface area contributed by atoms with E-state index in [4.69, 9.17) is 9.84 Å². The molecule has 0 atom stereocenters. The van der Waals surface area contributed by atoms with Crippen molar-refractivity contribution in [1.29, 1.82) is 0 Å². The van der Waals surface area contributed by atoms with Crippen molar-refractivity contribution in [2.75, 3.05) is 18.5 Å². The zero-order valence-corrected chi connectivity index (χ0v) is 15.2. The molecule has 2 N–H and O–H groups in total. The molecule has 0 saturated heterocycles. The maximum Gasteiger partial charge on any atom is 0.359 e. The van der Waals surface area contributed by atoms with Crippen LogP contribution in [-0.4, -0.2) is 40.0 Å². The number of aliphatic hydroxyl groups is 1. The Hall–Kier alpha value is -3.52. The number of amides is 1. The first kappa shape index (κ1) is 19.2. The lowest BCUT2D eigenvalue weighted by Gasteiger charge is -2.10. The number of aliphatic hydroxyl groups excluding tert-OH is 1. The monoisotopic (exact) mass is 381 g/mol. The highest BCUT2D eigenvalue weighted by Gasteiger charge is 2.19. The first-order chi connectivity index (χ1) is 13.5. The van der Waals surface area contributed by atoms with Gasteiger partial charge in [-0.2, -0.15) is 5.10 Å². The topological polar surface area (TPSA) is 111 Å². The van der Waals surface area contributed by atoms with Gasteiger partial charge in [0.25, 0.3) is 11.5 Å². The Kier molecular flexibility index (Phi) is 5.81. The number of hydrogen-bond acceptors (Lipinski definition) is 6. The SMILES string of the molecule is Cc1cccc(NC(=O)COC(=O)c2nn(CCO)c(=O)c3ccccc23)c1. The zero-order chi connectivity index (χ0) is 20.1. The lowest BCUT2D eigenvalue weighted by atomic mass is 10.1. The Morgan fingerprint density at radius 1 is 1.14 bits per heavy atom. The summed E-state index contributed by atoms with van der Waals surface area (Å²) in [6.07, 6.45) is 0. The maximum absolute atomic E-state index is 12.5. The summed E-state index contributed by atoms with van der Waals surface area (Å²) in [7, 11) is 0. The fourth-order valence-electron chi connectivity index (χ4n) is 2.75. The van der Waals surface area contributed by atoms with Gasteiger partial charge in [-0.05, 0) is 30.7 Å². The number of aromatic nitrogens is 2. The molecule has 0 unspecified atom stereocenters. The number of aryl methyl sites for hydroxylation is 1. The molecule has 0 spiro atoms. The summed E-state index contributed by atoms with van der Waals surface area (Å²) >= 11 is 0. The van der Waals surface area contributed by atoms with Gasteiger partial charge in [0.15, 0.2) is 12.3 Å². The van der Waals surface area contributed by atoms with Crippen LogP contribution in [0.15, 0.2) is 53.3 Å². The lowest BCUT2D eigenvalue weighted by Crippen LogP contribution is -2.28. The second-order valence-electron chi connectivity index (χ2n) is 6.14. The highest BCUT2D eigenvalue weighted by molar-refractivity contribution is 6.03. The highest BCUT2D eigenvalue weighted by atomic mass is 16.5. The molecule has 3 aromatic rings. The molecule has 8 nitrogen and oxygen atoms in total. The fraction of sp³-hybridized carbons (Fsp3) is 0.200. The standard InChI is InChI=1S/C20H19N3O5/c1-13-5-4-6-14(11-13)21-17(25)12-28-20(27)18-15-7-2-3-8-16(15)19(26)23(22-18)9-10-24/h2-8,11,24H,9-10,12H2,1H3,(H,21,25). The summed E-state index contributed by atoms with van der Waals surface area (Å²) in [6, 6.07) is 13.7. The molecule has 0 radical (unpaired) electrons. The first-order valence-electron chi connectivity index (χ1n) is 8.64. The van der Waals surface area contributed by atoms with Crippen LogP contribution in [0.5, 0.6) is 0 Å². The van der Waals surface area contributed by atoms with E-state index in [1.807, 2.05) is 13.0 Å². The normalized spacial score (nSPS) is 10.6. The van der Waals surface area contributed by atoms with E-state index >= 15 is 0 Å². The van der Waals surface area contributed by atoms with Gasteiger partial charge in [0.1, 0.15) is 0 Å². The van der Waals surface area contributed by atoms with Crippen molar-refractivity contribution in [2.24, 2.45) is 0 Å². The molecule has 0 saturated carbocycles. The lowest BCUT2D eigenvalue weighted by molar-refractivity contribution is -0.119. The van der Waals surface area contributed by atoms with Crippen LogP contribution < -0.4 is 10.9 Å². The van der Waals surface area contributed by atoms with Crippen molar-refractivity contribution in [3.05, 3.63) is 70.1 Å². The van der Waals surface area contributed by atoms with Crippen LogP contribution in [0.4, 0.5) is 5.69 Å². The van der Waals surface area contributed by atoms with Crippen LogP contribution in [0.1, 0.15) is 16.1 Å². The Balaban J connectivity index is 1.78. The summed E-state index contributed by atoms with van der Waals surface area (Å²) in [5.41, 5.74) is 1.07. The van der Waals surface area contributed by atoms with Crippen LogP contribution in [0.25, 0.3) is 10.8 Å². The number of nitrogens with zero attached hydrogens (tertiary/aromatic N) is 2. The number of nitrogens with one attached hydrogen (secondary N) is 1. The van der Waals surface area contributed by atoms with Crippen molar-refractivity contribution in [1.82, 2.24) is 9.78 Å². The quantitative estimate of drug-likeness (QED) is 0.626. The largest absolute Gasteiger partial charge is 0.451 e. The molecule has 0 aliphatic heterocycles. The van der Waals surface area contributed by atoms with Crippen molar-refractivity contribution in [2.45, 2.75) is 13.5 Å². The number of hydrogen-bond donors (Lipinski definition) is 2. The van der Waals surface area contributed by atoms with E-state index in [0.29, 0.717) is 11.1 Å². The minimum atomic E-state index is -0.831. The van der Waals surface area contributed by atoms with E-state index in [1.54, 1.807) is 42.5 Å². The fourth-order valence-corrected chi connectivity index (χ4v) is 2.75. The second-order valence-corrected chi connectivity index (χ2v) is 6.14. The van der Waals surface area contributed by atoms with Crippen molar-refractivity contribution < 1.29 is 19.4 Å². The van der Waals surface area contributed by atoms with Crippen LogP contribution >= 0.6 is 0 Å². The number of rotatable bonds is 6. The van der Waals surface area contributed by atoms with Gasteiger partial charge in [0.05, 0.1) is 18.5 Å². The van der Waals surface area contributed by atoms with Crippen LogP contribution in [0, 0.1) is 6.92 Å². The number of carbonyl (C=O) groups is 2. The maximum atomic E-state index is 12.5. The van der Waals surface area contributed by atoms with Crippen LogP contribution in [0.2, 0.25) is 0 Å². The van der Waals surface area contributed by atoms with Gasteiger partial charge in [-0.3, -0.25) is 9.59 Å². The average Bonchev–Trinajstić information content (AvgIpc) is 2.68. The molecule has 0 aliphatic rings. The summed E-state index contributed by atoms with van der Waals surface area (Å²) < 4.78 is 6.09. The molecular weight excluding hydrogens is 362 g/mol. The molecule has 1 aromatic heterocycles. The van der Waals surface area contributed by atoms with Gasteiger partial charge < -0.3 is 15.2 Å². The third-order valence-electron chi connectivity index (χ3n) is 4.01. The molecule has 8 heteroatoms. The Labute approximate surface area is 160 Å². The second kappa shape index (κ2) is 8.45. The molecule has 2 aromatic carbocycles. The Morgan fingerprint density at radius 2 is 1.89 bits per heavy atom. The van der Waals surface area contributed by atoms with Gasteiger partial charge in [-0.1, -0.05) is 30.3 Å². The Morgan fingerprint density at radius 3 is 2.61 bits per heavy atom. The molecule has 3 rings (SSSR count). The molecule has 0 aliphatic carbocycles. The van der Waals surface area contributed by atoms with Gasteiger partial charge in [-0.15, -0.1) is 0 Å². The summed E-state index contributed by atoms with van der Waals surface area (Å²) in [4.78, 5) is 36.9. The summed E-state index contributed by atoms with van der Waals surface area (Å²) in [6.45, 7) is 1.03. The minimum absolute atomic E-state index is 0.0577. The van der Waals surface area contributed by atoms with Gasteiger partial charge >= 0.3 is 5.97 Å². The number of ether oxygens (including phenoxy) is 1. The predicted molar refractivity (Wildman–Crippen MR) is 103 cm³/mol. The molecule has 1 heterocycles. The van der Waals surface area contributed by atoms with E-state index in [1.165, 1.54) is 0 Å². The average molecular weight is 381 g/mol. The molecule has 1 amide bonds. The summed E-state index contributed by atoms with van der Waals surface area (Å²) in [5, 5.41) is 16.4. The van der Waals surface area contributed by atoms with Crippen molar-refractivity contribution in [3.63, 3.8) is 0 Å². The summed E-state index contributed by atoms with van der Waals surface area (Å²) in [5.74, 6) is -1.32. The van der Waals surface area contributed by atoms with E-state index in [-0.39, 0.29) is 24.2 Å². The van der Waals surface area contributed by atoms with Crippen LogP contribution in [0.3, 0.4) is 0 Å². The smallest absolute Gasteiger partial charge is 0.359 e. The first-order valence-corrected chi connectivity index (χ1v) is 8.64. The van der Waals surface area contributed by atoms with Crippen LogP contribution in [-0.2, 0) is 16.1 Å². The molecule has 0 bridgehead atoms. The van der Waals surface area contributed by atoms with E-state index in [0.717, 1.165) is 10.2 Å². The Bertz CT molecular complexity index is 1090. The number of fused-ring (bicyclic) bond motifs is 1.